The van der Waals surface area contributed by atoms with Crippen molar-refractivity contribution in [2.75, 3.05) is 12.3 Å². The van der Waals surface area contributed by atoms with Crippen molar-refractivity contribution in [2.45, 2.75) is 18.1 Å². The van der Waals surface area contributed by atoms with Gasteiger partial charge in [-0.05, 0) is 17.7 Å². The van der Waals surface area contributed by atoms with E-state index in [2.05, 4.69) is 26.9 Å². The Morgan fingerprint density at radius 1 is 1.10 bits per heavy atom. The van der Waals surface area contributed by atoms with Crippen molar-refractivity contribution in [1.29, 1.82) is 0 Å². The Bertz CT molecular complexity index is 1030. The van der Waals surface area contributed by atoms with Gasteiger partial charge in [-0.2, -0.15) is 5.10 Å². The average molecular weight is 404 g/mol. The van der Waals surface area contributed by atoms with Gasteiger partial charge >= 0.3 is 0 Å². The van der Waals surface area contributed by atoms with Gasteiger partial charge in [0.15, 0.2) is 11.0 Å². The molecule has 0 N–H and O–H groups in total. The first-order valence-corrected chi connectivity index (χ1v) is 10.3. The zero-order chi connectivity index (χ0) is 20.1. The Morgan fingerprint density at radius 3 is 2.66 bits per heavy atom. The number of hydrogen-bond acceptors (Lipinski definition) is 6. The molecule has 0 fully saturated rings. The van der Waals surface area contributed by atoms with Gasteiger partial charge in [-0.25, -0.2) is 5.01 Å². The van der Waals surface area contributed by atoms with Crippen LogP contribution in [-0.4, -0.2) is 48.7 Å². The molecule has 0 radical (unpaired) electrons. The van der Waals surface area contributed by atoms with Crippen molar-refractivity contribution in [3.8, 4) is 11.4 Å². The number of thioether (sulfide) groups is 1. The molecular formula is C21H20N6OS. The number of hydrogen-bond donors (Lipinski definition) is 0. The summed E-state index contributed by atoms with van der Waals surface area (Å²) in [7, 11) is 0. The number of rotatable bonds is 7. The molecule has 0 atom stereocenters. The van der Waals surface area contributed by atoms with E-state index in [0.717, 1.165) is 29.1 Å². The van der Waals surface area contributed by atoms with Crippen LogP contribution in [0.2, 0.25) is 0 Å². The second-order valence-electron chi connectivity index (χ2n) is 6.41. The van der Waals surface area contributed by atoms with E-state index < -0.39 is 0 Å². The van der Waals surface area contributed by atoms with Gasteiger partial charge in [0.25, 0.3) is 5.91 Å². The summed E-state index contributed by atoms with van der Waals surface area (Å²) in [4.78, 5) is 16.7. The summed E-state index contributed by atoms with van der Waals surface area (Å²) >= 11 is 1.36. The maximum atomic E-state index is 12.7. The summed E-state index contributed by atoms with van der Waals surface area (Å²) in [6.45, 7) is 4.98. The number of carbonyl (C=O) groups excluding carboxylic acids is 1. The molecule has 1 aromatic carbocycles. The number of allylic oxidation sites excluding steroid dienone is 1. The minimum atomic E-state index is -0.0421. The molecule has 3 aromatic rings. The van der Waals surface area contributed by atoms with Crippen LogP contribution in [0, 0.1) is 0 Å². The summed E-state index contributed by atoms with van der Waals surface area (Å²) < 4.78 is 1.95. The van der Waals surface area contributed by atoms with Crippen molar-refractivity contribution in [3.05, 3.63) is 73.1 Å². The highest BCUT2D eigenvalue weighted by molar-refractivity contribution is 7.99. The monoisotopic (exact) mass is 404 g/mol. The molecule has 1 aliphatic heterocycles. The third-order valence-electron chi connectivity index (χ3n) is 4.49. The zero-order valence-electron chi connectivity index (χ0n) is 15.8. The van der Waals surface area contributed by atoms with E-state index in [1.165, 1.54) is 11.8 Å². The number of amides is 1. The maximum Gasteiger partial charge on any atom is 0.253 e. The first-order chi connectivity index (χ1) is 14.3. The topological polar surface area (TPSA) is 76.3 Å². The molecule has 8 heteroatoms. The van der Waals surface area contributed by atoms with Crippen LogP contribution in [-0.2, 0) is 11.3 Å². The molecule has 3 heterocycles. The summed E-state index contributed by atoms with van der Waals surface area (Å²) in [5, 5.41) is 15.3. The molecule has 1 amide bonds. The van der Waals surface area contributed by atoms with E-state index in [1.54, 1.807) is 23.5 Å². The van der Waals surface area contributed by atoms with Crippen LogP contribution in [0.25, 0.3) is 11.4 Å². The van der Waals surface area contributed by atoms with Crippen LogP contribution in [0.1, 0.15) is 12.0 Å². The van der Waals surface area contributed by atoms with Gasteiger partial charge in [-0.15, -0.1) is 16.8 Å². The third-order valence-corrected chi connectivity index (χ3v) is 5.44. The molecule has 2 aromatic heterocycles. The molecule has 0 spiro atoms. The summed E-state index contributed by atoms with van der Waals surface area (Å²) in [6.07, 6.45) is 5.98. The lowest BCUT2D eigenvalue weighted by Gasteiger charge is -2.11. The largest absolute Gasteiger partial charge is 0.298 e. The fourth-order valence-corrected chi connectivity index (χ4v) is 3.89. The van der Waals surface area contributed by atoms with Crippen LogP contribution in [0.3, 0.4) is 0 Å². The Kier molecular flexibility index (Phi) is 5.81. The molecule has 29 heavy (non-hydrogen) atoms. The summed E-state index contributed by atoms with van der Waals surface area (Å²) in [5.41, 5.74) is 2.92. The first-order valence-electron chi connectivity index (χ1n) is 9.27. The second-order valence-corrected chi connectivity index (χ2v) is 7.35. The molecule has 0 aliphatic carbocycles. The number of hydrazone groups is 1. The second kappa shape index (κ2) is 8.83. The fourth-order valence-electron chi connectivity index (χ4n) is 3.08. The van der Waals surface area contributed by atoms with Crippen molar-refractivity contribution >= 4 is 23.4 Å². The Labute approximate surface area is 173 Å². The molecule has 7 nitrogen and oxygen atoms in total. The van der Waals surface area contributed by atoms with Crippen molar-refractivity contribution in [3.63, 3.8) is 0 Å². The molecular weight excluding hydrogens is 384 g/mol. The summed E-state index contributed by atoms with van der Waals surface area (Å²) in [5.74, 6) is 0.935. The lowest BCUT2D eigenvalue weighted by atomic mass is 10.1. The van der Waals surface area contributed by atoms with Gasteiger partial charge in [0, 0.05) is 30.9 Å². The zero-order valence-corrected chi connectivity index (χ0v) is 16.6. The molecule has 0 bridgehead atoms. The first kappa shape index (κ1) is 19.1. The molecule has 0 saturated heterocycles. The van der Waals surface area contributed by atoms with Crippen molar-refractivity contribution in [2.24, 2.45) is 5.10 Å². The van der Waals surface area contributed by atoms with Gasteiger partial charge in [-0.1, -0.05) is 48.2 Å². The number of benzene rings is 1. The highest BCUT2D eigenvalue weighted by Gasteiger charge is 2.22. The summed E-state index contributed by atoms with van der Waals surface area (Å²) in [6, 6.07) is 13.7. The van der Waals surface area contributed by atoms with Crippen LogP contribution in [0.5, 0.6) is 0 Å². The van der Waals surface area contributed by atoms with Crippen LogP contribution < -0.4 is 0 Å². The van der Waals surface area contributed by atoms with Crippen molar-refractivity contribution in [1.82, 2.24) is 24.8 Å². The Morgan fingerprint density at radius 2 is 1.90 bits per heavy atom. The number of aromatic nitrogens is 4. The smallest absolute Gasteiger partial charge is 0.253 e. The predicted octanol–water partition coefficient (Wildman–Crippen LogP) is 3.25. The van der Waals surface area contributed by atoms with E-state index >= 15 is 0 Å². The lowest BCUT2D eigenvalue weighted by Crippen LogP contribution is -2.25. The van der Waals surface area contributed by atoms with E-state index in [1.807, 2.05) is 47.0 Å². The normalized spacial score (nSPS) is 13.4. The number of nitrogens with zero attached hydrogens (tertiary/aromatic N) is 6. The predicted molar refractivity (Wildman–Crippen MR) is 113 cm³/mol. The van der Waals surface area contributed by atoms with Gasteiger partial charge in [0.05, 0.1) is 18.0 Å². The molecule has 4 rings (SSSR count). The van der Waals surface area contributed by atoms with E-state index in [9.17, 15) is 4.79 Å². The highest BCUT2D eigenvalue weighted by atomic mass is 32.2. The maximum absolute atomic E-state index is 12.7. The quantitative estimate of drug-likeness (QED) is 0.446. The number of pyridine rings is 1. The third kappa shape index (κ3) is 4.27. The molecule has 0 saturated carbocycles. The SMILES string of the molecule is C=CCn1c(SCC(=O)N2CCC(c3ccccc3)=N2)nnc1-c1ccncc1. The van der Waals surface area contributed by atoms with Gasteiger partial charge in [-0.3, -0.25) is 14.3 Å². The van der Waals surface area contributed by atoms with Crippen molar-refractivity contribution < 1.29 is 4.79 Å². The molecule has 0 unspecified atom stereocenters. The molecule has 146 valence electrons. The minimum Gasteiger partial charge on any atom is -0.298 e. The highest BCUT2D eigenvalue weighted by Crippen LogP contribution is 2.24. The Hall–Kier alpha value is -3.26. The van der Waals surface area contributed by atoms with E-state index in [0.29, 0.717) is 18.2 Å². The van der Waals surface area contributed by atoms with Gasteiger partial charge < -0.3 is 0 Å². The minimum absolute atomic E-state index is 0.0421. The van der Waals surface area contributed by atoms with Gasteiger partial charge in [0.2, 0.25) is 0 Å². The van der Waals surface area contributed by atoms with Crippen LogP contribution in [0.4, 0.5) is 0 Å². The standard InChI is InChI=1S/C21H20N6OS/c1-2-13-26-20(17-8-11-22-12-9-17)23-24-21(26)29-15-19(28)27-14-10-18(25-27)16-6-4-3-5-7-16/h2-9,11-12H,1,10,13-15H2. The fraction of sp³-hybridized carbons (Fsp3) is 0.190. The van der Waals surface area contributed by atoms with Gasteiger partial charge in [0.1, 0.15) is 0 Å². The van der Waals surface area contributed by atoms with E-state index in [-0.39, 0.29) is 11.7 Å². The van der Waals surface area contributed by atoms with Crippen LogP contribution >= 0.6 is 11.8 Å². The molecule has 1 aliphatic rings. The van der Waals surface area contributed by atoms with E-state index in [4.69, 9.17) is 0 Å². The lowest BCUT2D eigenvalue weighted by molar-refractivity contribution is -0.127. The Balaban J connectivity index is 1.45. The number of carbonyl (C=O) groups is 1. The average Bonchev–Trinajstić information content (AvgIpc) is 3.41. The van der Waals surface area contributed by atoms with Crippen LogP contribution in [0.15, 0.2) is 77.8 Å².